The number of hydrogen-bond donors (Lipinski definition) is 0. The highest BCUT2D eigenvalue weighted by Gasteiger charge is 2.06. The van der Waals surface area contributed by atoms with E-state index >= 15 is 0 Å². The molecule has 0 bridgehead atoms. The van der Waals surface area contributed by atoms with Crippen LogP contribution in [0.25, 0.3) is 0 Å². The molecule has 2 heteroatoms. The van der Waals surface area contributed by atoms with E-state index in [0.717, 1.165) is 12.0 Å². The van der Waals surface area contributed by atoms with Gasteiger partial charge in [-0.3, -0.25) is 4.79 Å². The van der Waals surface area contributed by atoms with E-state index < -0.39 is 0 Å². The van der Waals surface area contributed by atoms with Gasteiger partial charge in [-0.1, -0.05) is 37.6 Å². The summed E-state index contributed by atoms with van der Waals surface area (Å²) in [6, 6.07) is 0. The molecule has 0 aliphatic heterocycles. The Hall–Kier alpha value is -1.05. The highest BCUT2D eigenvalue weighted by atomic mass is 16.5. The second-order valence-electron chi connectivity index (χ2n) is 4.32. The van der Waals surface area contributed by atoms with E-state index in [4.69, 9.17) is 4.74 Å². The zero-order chi connectivity index (χ0) is 11.8. The van der Waals surface area contributed by atoms with Crippen LogP contribution in [-0.4, -0.2) is 12.6 Å². The fraction of sp³-hybridized carbons (Fsp3) is 0.615. The Labute approximate surface area is 93.0 Å². The monoisotopic (exact) mass is 210 g/mol. The van der Waals surface area contributed by atoms with Crippen molar-refractivity contribution in [3.05, 3.63) is 23.8 Å². The van der Waals surface area contributed by atoms with Crippen LogP contribution in [0, 0.1) is 5.92 Å². The van der Waals surface area contributed by atoms with E-state index in [1.165, 1.54) is 5.57 Å². The molecular weight excluding hydrogens is 188 g/mol. The first-order chi connectivity index (χ1) is 6.95. The summed E-state index contributed by atoms with van der Waals surface area (Å²) in [6.45, 7) is 12.4. The number of ether oxygens (including phenoxy) is 1. The second-order valence-corrected chi connectivity index (χ2v) is 4.32. The molecule has 0 fully saturated rings. The predicted molar refractivity (Wildman–Crippen MR) is 63.6 cm³/mol. The van der Waals surface area contributed by atoms with Gasteiger partial charge in [0.15, 0.2) is 0 Å². The summed E-state index contributed by atoms with van der Waals surface area (Å²) in [7, 11) is 0. The lowest BCUT2D eigenvalue weighted by Gasteiger charge is -2.08. The molecule has 0 atom stereocenters. The zero-order valence-electron chi connectivity index (χ0n) is 10.3. The molecule has 0 aromatic carbocycles. The van der Waals surface area contributed by atoms with Gasteiger partial charge in [-0.25, -0.2) is 0 Å². The van der Waals surface area contributed by atoms with Crippen LogP contribution in [0.15, 0.2) is 23.8 Å². The van der Waals surface area contributed by atoms with Crippen molar-refractivity contribution < 1.29 is 9.53 Å². The SMILES string of the molecule is C=C(CC(=O)OCC(C)C)C/C(C)=C\C. The minimum absolute atomic E-state index is 0.169. The maximum Gasteiger partial charge on any atom is 0.309 e. The van der Waals surface area contributed by atoms with Gasteiger partial charge < -0.3 is 4.74 Å². The fourth-order valence-electron chi connectivity index (χ4n) is 1.07. The molecule has 0 saturated heterocycles. The molecule has 0 unspecified atom stereocenters. The lowest BCUT2D eigenvalue weighted by molar-refractivity contribution is -0.143. The quantitative estimate of drug-likeness (QED) is 0.495. The van der Waals surface area contributed by atoms with Gasteiger partial charge in [-0.05, 0) is 26.2 Å². The van der Waals surface area contributed by atoms with Gasteiger partial charge in [0.25, 0.3) is 0 Å². The Morgan fingerprint density at radius 3 is 2.47 bits per heavy atom. The molecule has 0 amide bonds. The topological polar surface area (TPSA) is 26.3 Å². The van der Waals surface area contributed by atoms with Crippen molar-refractivity contribution in [3.63, 3.8) is 0 Å². The molecule has 0 radical (unpaired) electrons. The van der Waals surface area contributed by atoms with Crippen LogP contribution in [0.2, 0.25) is 0 Å². The molecule has 0 N–H and O–H groups in total. The number of allylic oxidation sites excluding steroid dienone is 2. The van der Waals surface area contributed by atoms with Crippen molar-refractivity contribution in [1.82, 2.24) is 0 Å². The lowest BCUT2D eigenvalue weighted by atomic mass is 10.1. The molecule has 86 valence electrons. The van der Waals surface area contributed by atoms with Crippen molar-refractivity contribution in [2.75, 3.05) is 6.61 Å². The largest absolute Gasteiger partial charge is 0.465 e. The second kappa shape index (κ2) is 7.27. The van der Waals surface area contributed by atoms with E-state index in [1.807, 2.05) is 33.8 Å². The number of hydrogen-bond acceptors (Lipinski definition) is 2. The minimum atomic E-state index is -0.169. The Morgan fingerprint density at radius 1 is 1.40 bits per heavy atom. The standard InChI is InChI=1S/C13H22O2/c1-6-11(4)7-12(5)8-13(14)15-9-10(2)3/h6,10H,5,7-9H2,1-4H3/b11-6-. The zero-order valence-corrected chi connectivity index (χ0v) is 10.3. The Kier molecular flexibility index (Phi) is 6.76. The third kappa shape index (κ3) is 7.98. The van der Waals surface area contributed by atoms with Crippen LogP contribution in [0.5, 0.6) is 0 Å². The molecule has 2 nitrogen and oxygen atoms in total. The third-order valence-electron chi connectivity index (χ3n) is 1.99. The third-order valence-corrected chi connectivity index (χ3v) is 1.99. The van der Waals surface area contributed by atoms with Crippen LogP contribution < -0.4 is 0 Å². The molecule has 0 aromatic heterocycles. The first kappa shape index (κ1) is 13.9. The smallest absolute Gasteiger partial charge is 0.309 e. The van der Waals surface area contributed by atoms with Crippen LogP contribution >= 0.6 is 0 Å². The molecule has 0 rings (SSSR count). The highest BCUT2D eigenvalue weighted by Crippen LogP contribution is 2.12. The van der Waals surface area contributed by atoms with Crippen molar-refractivity contribution in [2.24, 2.45) is 5.92 Å². The van der Waals surface area contributed by atoms with E-state index in [2.05, 4.69) is 6.58 Å². The van der Waals surface area contributed by atoms with Crippen molar-refractivity contribution in [2.45, 2.75) is 40.5 Å². The van der Waals surface area contributed by atoms with Crippen LogP contribution in [0.3, 0.4) is 0 Å². The number of carbonyl (C=O) groups excluding carboxylic acids is 1. The van der Waals surface area contributed by atoms with E-state index in [-0.39, 0.29) is 5.97 Å². The Balaban J connectivity index is 3.82. The summed E-state index contributed by atoms with van der Waals surface area (Å²) in [5.74, 6) is 0.220. The summed E-state index contributed by atoms with van der Waals surface area (Å²) in [5.41, 5.74) is 2.15. The number of rotatable bonds is 6. The molecule has 0 heterocycles. The van der Waals surface area contributed by atoms with Crippen LogP contribution in [0.4, 0.5) is 0 Å². The summed E-state index contributed by atoms with van der Waals surface area (Å²) in [5, 5.41) is 0. The normalized spacial score (nSPS) is 11.7. The molecule has 0 aliphatic rings. The van der Waals surface area contributed by atoms with E-state index in [1.54, 1.807) is 0 Å². The number of esters is 1. The Morgan fingerprint density at radius 2 is 2.00 bits per heavy atom. The van der Waals surface area contributed by atoms with Gasteiger partial charge in [0.05, 0.1) is 13.0 Å². The average molecular weight is 210 g/mol. The van der Waals surface area contributed by atoms with Crippen LogP contribution in [-0.2, 0) is 9.53 Å². The van der Waals surface area contributed by atoms with E-state index in [9.17, 15) is 4.79 Å². The predicted octanol–water partition coefficient (Wildman–Crippen LogP) is 3.49. The molecule has 0 saturated carbocycles. The fourth-order valence-corrected chi connectivity index (χ4v) is 1.07. The van der Waals surface area contributed by atoms with Gasteiger partial charge >= 0.3 is 5.97 Å². The van der Waals surface area contributed by atoms with Crippen LogP contribution in [0.1, 0.15) is 40.5 Å². The number of carbonyl (C=O) groups is 1. The van der Waals surface area contributed by atoms with Gasteiger partial charge in [-0.2, -0.15) is 0 Å². The average Bonchev–Trinajstić information content (AvgIpc) is 2.14. The molecule has 0 aromatic rings. The summed E-state index contributed by atoms with van der Waals surface area (Å²) in [4.78, 5) is 11.3. The summed E-state index contributed by atoms with van der Waals surface area (Å²) in [6.07, 6.45) is 3.15. The van der Waals surface area contributed by atoms with Crippen molar-refractivity contribution in [1.29, 1.82) is 0 Å². The Bertz CT molecular complexity index is 249. The minimum Gasteiger partial charge on any atom is -0.465 e. The molecule has 0 aliphatic carbocycles. The van der Waals surface area contributed by atoms with E-state index in [0.29, 0.717) is 18.9 Å². The highest BCUT2D eigenvalue weighted by molar-refractivity contribution is 5.72. The van der Waals surface area contributed by atoms with Gasteiger partial charge in [-0.15, -0.1) is 0 Å². The maximum atomic E-state index is 11.3. The lowest BCUT2D eigenvalue weighted by Crippen LogP contribution is -2.10. The van der Waals surface area contributed by atoms with Crippen molar-refractivity contribution in [3.8, 4) is 0 Å². The van der Waals surface area contributed by atoms with Gasteiger partial charge in [0.1, 0.15) is 0 Å². The first-order valence-corrected chi connectivity index (χ1v) is 5.39. The van der Waals surface area contributed by atoms with Gasteiger partial charge in [0.2, 0.25) is 0 Å². The summed E-state index contributed by atoms with van der Waals surface area (Å²) < 4.78 is 5.07. The maximum absolute atomic E-state index is 11.3. The van der Waals surface area contributed by atoms with Gasteiger partial charge in [0, 0.05) is 0 Å². The summed E-state index contributed by atoms with van der Waals surface area (Å²) >= 11 is 0. The molecule has 15 heavy (non-hydrogen) atoms. The molecular formula is C13H22O2. The van der Waals surface area contributed by atoms with Crippen molar-refractivity contribution >= 4 is 5.97 Å². The first-order valence-electron chi connectivity index (χ1n) is 5.39. The molecule has 0 spiro atoms.